The average molecular weight is 374 g/mol. The summed E-state index contributed by atoms with van der Waals surface area (Å²) in [5.74, 6) is 2.63. The minimum Gasteiger partial charge on any atom is -0.506 e. The van der Waals surface area contributed by atoms with Crippen LogP contribution in [0.25, 0.3) is 0 Å². The first-order valence-electron chi connectivity index (χ1n) is 9.36. The summed E-state index contributed by atoms with van der Waals surface area (Å²) >= 11 is 5.93. The van der Waals surface area contributed by atoms with Crippen LogP contribution in [0.1, 0.15) is 43.0 Å². The Kier molecular flexibility index (Phi) is 4.90. The predicted molar refractivity (Wildman–Crippen MR) is 100 cm³/mol. The van der Waals surface area contributed by atoms with E-state index >= 15 is 0 Å². The number of aromatic nitrogens is 2. The molecule has 5 nitrogen and oxygen atoms in total. The van der Waals surface area contributed by atoms with Gasteiger partial charge in [-0.2, -0.15) is 0 Å². The maximum absolute atomic E-state index is 12.6. The summed E-state index contributed by atoms with van der Waals surface area (Å²) in [6.07, 6.45) is 8.93. The molecule has 6 heteroatoms. The first kappa shape index (κ1) is 17.4. The Hall–Kier alpha value is -2.01. The van der Waals surface area contributed by atoms with Crippen molar-refractivity contribution < 1.29 is 9.90 Å². The molecular formula is C20H24ClN3O2. The van der Waals surface area contributed by atoms with E-state index in [9.17, 15) is 9.90 Å². The number of piperidine rings is 1. The maximum Gasteiger partial charge on any atom is 0.226 e. The summed E-state index contributed by atoms with van der Waals surface area (Å²) in [7, 11) is 0. The van der Waals surface area contributed by atoms with Crippen LogP contribution in [-0.2, 0) is 17.8 Å². The number of imidazole rings is 1. The third kappa shape index (κ3) is 3.88. The van der Waals surface area contributed by atoms with Crippen molar-refractivity contribution >= 4 is 17.5 Å². The second-order valence-electron chi connectivity index (χ2n) is 7.50. The summed E-state index contributed by atoms with van der Waals surface area (Å²) in [6.45, 7) is 2.63. The number of rotatable bonds is 5. The van der Waals surface area contributed by atoms with E-state index < -0.39 is 0 Å². The van der Waals surface area contributed by atoms with Crippen molar-refractivity contribution in [1.82, 2.24) is 14.5 Å². The van der Waals surface area contributed by atoms with Crippen molar-refractivity contribution in [3.63, 3.8) is 0 Å². The fraction of sp³-hybridized carbons (Fsp3) is 0.500. The number of carbonyl (C=O) groups is 1. The lowest BCUT2D eigenvalue weighted by molar-refractivity contribution is -0.131. The fourth-order valence-corrected chi connectivity index (χ4v) is 3.95. The Balaban J connectivity index is 1.33. The zero-order valence-corrected chi connectivity index (χ0v) is 15.5. The second kappa shape index (κ2) is 7.31. The number of carbonyl (C=O) groups excluding carboxylic acids is 1. The Labute approximate surface area is 158 Å². The Morgan fingerprint density at radius 3 is 2.69 bits per heavy atom. The molecule has 1 aliphatic heterocycles. The van der Waals surface area contributed by atoms with Gasteiger partial charge in [0.15, 0.2) is 0 Å². The van der Waals surface area contributed by atoms with Crippen LogP contribution < -0.4 is 0 Å². The summed E-state index contributed by atoms with van der Waals surface area (Å²) in [6, 6.07) is 4.95. The zero-order valence-electron chi connectivity index (χ0n) is 14.8. The van der Waals surface area contributed by atoms with E-state index in [1.54, 1.807) is 12.1 Å². The van der Waals surface area contributed by atoms with Crippen LogP contribution in [0.15, 0.2) is 30.6 Å². The van der Waals surface area contributed by atoms with E-state index in [-0.39, 0.29) is 16.7 Å². The van der Waals surface area contributed by atoms with Crippen molar-refractivity contribution in [3.8, 4) is 5.75 Å². The number of likely N-dealkylation sites (tertiary alicyclic amines) is 1. The molecule has 0 spiro atoms. The van der Waals surface area contributed by atoms with Gasteiger partial charge in [0.1, 0.15) is 11.6 Å². The van der Waals surface area contributed by atoms with Gasteiger partial charge in [0.2, 0.25) is 5.91 Å². The molecule has 0 atom stereocenters. The van der Waals surface area contributed by atoms with Crippen molar-refractivity contribution in [2.45, 2.75) is 44.6 Å². The molecule has 1 saturated heterocycles. The highest BCUT2D eigenvalue weighted by Gasteiger charge is 2.28. The smallest absolute Gasteiger partial charge is 0.226 e. The molecule has 0 unspecified atom stereocenters. The van der Waals surface area contributed by atoms with E-state index in [4.69, 9.17) is 11.6 Å². The van der Waals surface area contributed by atoms with Crippen LogP contribution in [0.5, 0.6) is 5.75 Å². The number of benzene rings is 1. The lowest BCUT2D eigenvalue weighted by atomic mass is 9.95. The standard InChI is InChI=1S/C20H24ClN3O2/c21-17-11-15(3-4-18(17)25)12-19(26)23-8-5-16(6-9-23)20-22-7-10-24(20)13-14-1-2-14/h3-4,7,10-11,14,16,25H,1-2,5-6,8-9,12-13H2. The molecular weight excluding hydrogens is 350 g/mol. The summed E-state index contributed by atoms with van der Waals surface area (Å²) < 4.78 is 2.32. The van der Waals surface area contributed by atoms with Gasteiger partial charge in [-0.15, -0.1) is 0 Å². The number of hydrogen-bond acceptors (Lipinski definition) is 3. The number of phenols is 1. The van der Waals surface area contributed by atoms with Crippen molar-refractivity contribution in [2.75, 3.05) is 13.1 Å². The molecule has 1 aromatic carbocycles. The largest absolute Gasteiger partial charge is 0.506 e. The molecule has 4 rings (SSSR count). The summed E-state index contributed by atoms with van der Waals surface area (Å²) in [5.41, 5.74) is 0.833. The van der Waals surface area contributed by atoms with Crippen LogP contribution >= 0.6 is 11.6 Å². The molecule has 26 heavy (non-hydrogen) atoms. The first-order valence-corrected chi connectivity index (χ1v) is 9.74. The third-order valence-corrected chi connectivity index (χ3v) is 5.78. The Morgan fingerprint density at radius 1 is 1.23 bits per heavy atom. The molecule has 1 saturated carbocycles. The van der Waals surface area contributed by atoms with Crippen LogP contribution in [-0.4, -0.2) is 38.6 Å². The Morgan fingerprint density at radius 2 is 2.00 bits per heavy atom. The molecule has 2 aromatic rings. The molecule has 2 aliphatic rings. The number of hydrogen-bond donors (Lipinski definition) is 1. The molecule has 1 N–H and O–H groups in total. The topological polar surface area (TPSA) is 58.4 Å². The number of nitrogens with zero attached hydrogens (tertiary/aromatic N) is 3. The molecule has 0 bridgehead atoms. The van der Waals surface area contributed by atoms with E-state index in [2.05, 4.69) is 15.7 Å². The molecule has 1 amide bonds. The van der Waals surface area contributed by atoms with Gasteiger partial charge in [-0.3, -0.25) is 4.79 Å². The van der Waals surface area contributed by atoms with E-state index in [1.165, 1.54) is 24.7 Å². The van der Waals surface area contributed by atoms with Gasteiger partial charge in [0.05, 0.1) is 11.4 Å². The Bertz CT molecular complexity index is 792. The number of halogens is 1. The summed E-state index contributed by atoms with van der Waals surface area (Å²) in [5, 5.41) is 9.78. The third-order valence-electron chi connectivity index (χ3n) is 5.48. The first-order chi connectivity index (χ1) is 12.6. The van der Waals surface area contributed by atoms with Crippen LogP contribution in [0.4, 0.5) is 0 Å². The summed E-state index contributed by atoms with van der Waals surface area (Å²) in [4.78, 5) is 19.1. The zero-order chi connectivity index (χ0) is 18.1. The molecule has 138 valence electrons. The molecule has 1 aliphatic carbocycles. The van der Waals surface area contributed by atoms with E-state index in [0.29, 0.717) is 12.3 Å². The normalized spacial score (nSPS) is 18.3. The van der Waals surface area contributed by atoms with Crippen LogP contribution in [0.2, 0.25) is 5.02 Å². The average Bonchev–Trinajstić information content (AvgIpc) is 3.33. The minimum absolute atomic E-state index is 0.0466. The highest BCUT2D eigenvalue weighted by atomic mass is 35.5. The van der Waals surface area contributed by atoms with Crippen LogP contribution in [0.3, 0.4) is 0 Å². The van der Waals surface area contributed by atoms with Gasteiger partial charge < -0.3 is 14.6 Å². The molecule has 2 heterocycles. The molecule has 1 aromatic heterocycles. The van der Waals surface area contributed by atoms with Gasteiger partial charge in [0, 0.05) is 37.9 Å². The van der Waals surface area contributed by atoms with Crippen molar-refractivity contribution in [1.29, 1.82) is 0 Å². The molecule has 0 radical (unpaired) electrons. The van der Waals surface area contributed by atoms with Gasteiger partial charge in [0.25, 0.3) is 0 Å². The van der Waals surface area contributed by atoms with Gasteiger partial charge in [-0.25, -0.2) is 4.98 Å². The number of aromatic hydroxyl groups is 1. The number of amides is 1. The second-order valence-corrected chi connectivity index (χ2v) is 7.91. The highest BCUT2D eigenvalue weighted by Crippen LogP contribution is 2.33. The number of phenolic OH excluding ortho intramolecular Hbond substituents is 1. The lowest BCUT2D eigenvalue weighted by Crippen LogP contribution is -2.39. The van der Waals surface area contributed by atoms with Gasteiger partial charge in [-0.1, -0.05) is 17.7 Å². The van der Waals surface area contributed by atoms with Crippen molar-refractivity contribution in [2.24, 2.45) is 5.92 Å². The monoisotopic (exact) mass is 373 g/mol. The van der Waals surface area contributed by atoms with Gasteiger partial charge in [-0.05, 0) is 49.3 Å². The lowest BCUT2D eigenvalue weighted by Gasteiger charge is -2.32. The maximum atomic E-state index is 12.6. The van der Waals surface area contributed by atoms with Crippen molar-refractivity contribution in [3.05, 3.63) is 47.0 Å². The predicted octanol–water partition coefficient (Wildman–Crippen LogP) is 3.60. The quantitative estimate of drug-likeness (QED) is 0.871. The van der Waals surface area contributed by atoms with Crippen LogP contribution in [0, 0.1) is 5.92 Å². The SMILES string of the molecule is O=C(Cc1ccc(O)c(Cl)c1)N1CCC(c2nccn2CC2CC2)CC1. The van der Waals surface area contributed by atoms with Gasteiger partial charge >= 0.3 is 0 Å². The van der Waals surface area contributed by atoms with E-state index in [0.717, 1.165) is 44.0 Å². The highest BCUT2D eigenvalue weighted by molar-refractivity contribution is 6.32. The van der Waals surface area contributed by atoms with E-state index in [1.807, 2.05) is 11.1 Å². The molecule has 2 fully saturated rings. The minimum atomic E-state index is 0.0466. The fourth-order valence-electron chi connectivity index (χ4n) is 3.75.